The number of aromatic nitrogens is 3. The number of carbonyl (C=O) groups excluding carboxylic acids is 1. The van der Waals surface area contributed by atoms with E-state index in [1.54, 1.807) is 0 Å². The highest BCUT2D eigenvalue weighted by molar-refractivity contribution is 5.91. The van der Waals surface area contributed by atoms with Gasteiger partial charge in [0.05, 0.1) is 6.10 Å². The minimum atomic E-state index is -0.0901. The fourth-order valence-corrected chi connectivity index (χ4v) is 2.66. The summed E-state index contributed by atoms with van der Waals surface area (Å²) < 4.78 is 5.77. The van der Waals surface area contributed by atoms with Crippen LogP contribution in [-0.2, 0) is 4.74 Å². The van der Waals surface area contributed by atoms with Crippen LogP contribution >= 0.6 is 0 Å². The summed E-state index contributed by atoms with van der Waals surface area (Å²) in [6.07, 6.45) is 3.15. The zero-order chi connectivity index (χ0) is 15.4. The van der Waals surface area contributed by atoms with Crippen LogP contribution < -0.4 is 5.32 Å². The van der Waals surface area contributed by atoms with Crippen molar-refractivity contribution in [3.05, 3.63) is 18.2 Å². The second-order valence-electron chi connectivity index (χ2n) is 5.54. The van der Waals surface area contributed by atoms with E-state index in [4.69, 9.17) is 4.74 Å². The molecule has 22 heavy (non-hydrogen) atoms. The normalized spacial score (nSPS) is 18.6. The number of anilines is 1. The molecule has 1 aliphatic rings. The standard InChI is InChI=1S/C15H21N5O2/c1-2-8-22-12-4-3-7-20(10-12)15(21)16-11-5-6-13-14(9-11)18-19-17-13/h5-6,9,12H,2-4,7-8,10H2,1H3,(H,16,21)(H,17,18,19)/t12-/m0/s1. The molecule has 1 saturated heterocycles. The maximum atomic E-state index is 12.4. The Hall–Kier alpha value is -2.15. The molecule has 1 aromatic carbocycles. The summed E-state index contributed by atoms with van der Waals surface area (Å²) in [5.74, 6) is 0. The monoisotopic (exact) mass is 303 g/mol. The van der Waals surface area contributed by atoms with Crippen LogP contribution in [0.4, 0.5) is 10.5 Å². The van der Waals surface area contributed by atoms with Gasteiger partial charge in [0, 0.05) is 25.4 Å². The molecule has 0 aliphatic carbocycles. The van der Waals surface area contributed by atoms with E-state index in [2.05, 4.69) is 27.7 Å². The highest BCUT2D eigenvalue weighted by Gasteiger charge is 2.24. The third-order valence-electron chi connectivity index (χ3n) is 3.79. The van der Waals surface area contributed by atoms with Gasteiger partial charge >= 0.3 is 6.03 Å². The average Bonchev–Trinajstić information content (AvgIpc) is 3.01. The third-order valence-corrected chi connectivity index (χ3v) is 3.79. The molecule has 1 aliphatic heterocycles. The van der Waals surface area contributed by atoms with Gasteiger partial charge in [-0.15, -0.1) is 0 Å². The van der Waals surface area contributed by atoms with Crippen LogP contribution in [0.1, 0.15) is 26.2 Å². The average molecular weight is 303 g/mol. The summed E-state index contributed by atoms with van der Waals surface area (Å²) in [6, 6.07) is 5.38. The third kappa shape index (κ3) is 3.36. The van der Waals surface area contributed by atoms with Gasteiger partial charge in [-0.05, 0) is 37.5 Å². The fourth-order valence-electron chi connectivity index (χ4n) is 2.66. The number of hydrogen-bond donors (Lipinski definition) is 2. The summed E-state index contributed by atoms with van der Waals surface area (Å²) >= 11 is 0. The molecule has 0 saturated carbocycles. The summed E-state index contributed by atoms with van der Waals surface area (Å²) in [5, 5.41) is 13.5. The smallest absolute Gasteiger partial charge is 0.321 e. The van der Waals surface area contributed by atoms with Gasteiger partial charge < -0.3 is 15.0 Å². The maximum absolute atomic E-state index is 12.4. The van der Waals surface area contributed by atoms with Crippen LogP contribution in [0, 0.1) is 0 Å². The molecule has 0 radical (unpaired) electrons. The van der Waals surface area contributed by atoms with E-state index >= 15 is 0 Å². The molecule has 2 amide bonds. The van der Waals surface area contributed by atoms with Crippen molar-refractivity contribution < 1.29 is 9.53 Å². The lowest BCUT2D eigenvalue weighted by atomic mass is 10.1. The second kappa shape index (κ2) is 6.74. The number of piperidine rings is 1. The predicted molar refractivity (Wildman–Crippen MR) is 83.7 cm³/mol. The van der Waals surface area contributed by atoms with Gasteiger partial charge in [-0.2, -0.15) is 15.4 Å². The van der Waals surface area contributed by atoms with Gasteiger partial charge in [-0.3, -0.25) is 0 Å². The minimum absolute atomic E-state index is 0.0901. The predicted octanol–water partition coefficient (Wildman–Crippen LogP) is 2.38. The molecule has 1 aromatic heterocycles. The van der Waals surface area contributed by atoms with Gasteiger partial charge in [0.1, 0.15) is 11.0 Å². The highest BCUT2D eigenvalue weighted by Crippen LogP contribution is 2.18. The summed E-state index contributed by atoms with van der Waals surface area (Å²) in [7, 11) is 0. The number of hydrogen-bond acceptors (Lipinski definition) is 4. The van der Waals surface area contributed by atoms with Crippen LogP contribution in [0.25, 0.3) is 11.0 Å². The molecule has 3 rings (SSSR count). The molecule has 118 valence electrons. The summed E-state index contributed by atoms with van der Waals surface area (Å²) in [4.78, 5) is 14.2. The molecular weight excluding hydrogens is 282 g/mol. The SMILES string of the molecule is CCCO[C@H]1CCCN(C(=O)Nc2ccc3n[nH]nc3c2)C1. The first-order valence-electron chi connectivity index (χ1n) is 7.74. The molecule has 2 aromatic rings. The van der Waals surface area contributed by atoms with E-state index in [1.807, 2.05) is 23.1 Å². The molecule has 0 bridgehead atoms. The Labute approximate surface area is 129 Å². The summed E-state index contributed by atoms with van der Waals surface area (Å²) in [5.41, 5.74) is 2.24. The molecular formula is C15H21N5O2. The van der Waals surface area contributed by atoms with Crippen molar-refractivity contribution in [2.24, 2.45) is 0 Å². The van der Waals surface area contributed by atoms with E-state index in [1.165, 1.54) is 0 Å². The van der Waals surface area contributed by atoms with Crippen molar-refractivity contribution in [3.63, 3.8) is 0 Å². The van der Waals surface area contributed by atoms with Gasteiger partial charge in [0.2, 0.25) is 0 Å². The number of nitrogens with zero attached hydrogens (tertiary/aromatic N) is 3. The fraction of sp³-hybridized carbons (Fsp3) is 0.533. The first-order valence-corrected chi connectivity index (χ1v) is 7.74. The Morgan fingerprint density at radius 2 is 2.32 bits per heavy atom. The molecule has 2 N–H and O–H groups in total. The van der Waals surface area contributed by atoms with Crippen LogP contribution in [0.3, 0.4) is 0 Å². The first-order chi connectivity index (χ1) is 10.8. The Morgan fingerprint density at radius 3 is 3.18 bits per heavy atom. The lowest BCUT2D eigenvalue weighted by Crippen LogP contribution is -2.45. The number of amides is 2. The lowest BCUT2D eigenvalue weighted by molar-refractivity contribution is 0.0115. The van der Waals surface area contributed by atoms with Crippen LogP contribution in [0.2, 0.25) is 0 Å². The maximum Gasteiger partial charge on any atom is 0.321 e. The minimum Gasteiger partial charge on any atom is -0.376 e. The van der Waals surface area contributed by atoms with E-state index in [-0.39, 0.29) is 12.1 Å². The van der Waals surface area contributed by atoms with Gasteiger partial charge in [0.15, 0.2) is 0 Å². The molecule has 7 heteroatoms. The topological polar surface area (TPSA) is 83.1 Å². The molecule has 0 spiro atoms. The number of likely N-dealkylation sites (tertiary alicyclic amines) is 1. The zero-order valence-corrected chi connectivity index (χ0v) is 12.7. The van der Waals surface area contributed by atoms with Gasteiger partial charge in [-0.1, -0.05) is 6.92 Å². The largest absolute Gasteiger partial charge is 0.376 e. The quantitative estimate of drug-likeness (QED) is 0.908. The Bertz CT molecular complexity index is 642. The van der Waals surface area contributed by atoms with Crippen LogP contribution in [0.5, 0.6) is 0 Å². The van der Waals surface area contributed by atoms with E-state index in [0.717, 1.165) is 49.1 Å². The van der Waals surface area contributed by atoms with Crippen LogP contribution in [0.15, 0.2) is 18.2 Å². The van der Waals surface area contributed by atoms with E-state index in [9.17, 15) is 4.79 Å². The van der Waals surface area contributed by atoms with Crippen molar-refractivity contribution in [2.75, 3.05) is 25.0 Å². The first kappa shape index (κ1) is 14.8. The number of aromatic amines is 1. The van der Waals surface area contributed by atoms with Crippen molar-refractivity contribution in [1.29, 1.82) is 0 Å². The molecule has 7 nitrogen and oxygen atoms in total. The Kier molecular flexibility index (Phi) is 4.53. The van der Waals surface area contributed by atoms with Crippen molar-refractivity contribution >= 4 is 22.8 Å². The number of nitrogens with one attached hydrogen (secondary N) is 2. The second-order valence-corrected chi connectivity index (χ2v) is 5.54. The summed E-state index contributed by atoms with van der Waals surface area (Å²) in [6.45, 7) is 4.26. The van der Waals surface area contributed by atoms with E-state index in [0.29, 0.717) is 6.54 Å². The number of rotatable bonds is 4. The van der Waals surface area contributed by atoms with Crippen molar-refractivity contribution in [1.82, 2.24) is 20.3 Å². The molecule has 1 atom stereocenters. The number of fused-ring (bicyclic) bond motifs is 1. The Morgan fingerprint density at radius 1 is 1.45 bits per heavy atom. The zero-order valence-electron chi connectivity index (χ0n) is 12.7. The number of ether oxygens (including phenoxy) is 1. The molecule has 2 heterocycles. The molecule has 1 fully saturated rings. The number of benzene rings is 1. The number of H-pyrrole nitrogens is 1. The number of urea groups is 1. The molecule has 0 unspecified atom stereocenters. The van der Waals surface area contributed by atoms with Crippen LogP contribution in [-0.4, -0.2) is 52.1 Å². The van der Waals surface area contributed by atoms with Crippen molar-refractivity contribution in [2.45, 2.75) is 32.3 Å². The van der Waals surface area contributed by atoms with Gasteiger partial charge in [0.25, 0.3) is 0 Å². The van der Waals surface area contributed by atoms with Gasteiger partial charge in [-0.25, -0.2) is 4.79 Å². The van der Waals surface area contributed by atoms with Crippen molar-refractivity contribution in [3.8, 4) is 0 Å². The highest BCUT2D eigenvalue weighted by atomic mass is 16.5. The lowest BCUT2D eigenvalue weighted by Gasteiger charge is -2.32. The number of carbonyl (C=O) groups is 1. The Balaban J connectivity index is 1.60. The van der Waals surface area contributed by atoms with E-state index < -0.39 is 0 Å².